The van der Waals surface area contributed by atoms with Crippen molar-refractivity contribution >= 4 is 65.5 Å². The lowest BCUT2D eigenvalue weighted by atomic mass is 10.1. The highest BCUT2D eigenvalue weighted by molar-refractivity contribution is 7.28. The van der Waals surface area contributed by atoms with Crippen LogP contribution >= 0.6 is 45.3 Å². The van der Waals surface area contributed by atoms with Gasteiger partial charge in [0.2, 0.25) is 0 Å². The molecule has 0 bridgehead atoms. The SMILES string of the molecule is Cc1ccc(-c2cc3c(OCC(C)C)c4sc(-c5ccc(C)s5)cc4c(OCC(C)C)c3s2)s1. The van der Waals surface area contributed by atoms with Crippen LogP contribution in [0.2, 0.25) is 0 Å². The molecule has 34 heavy (non-hydrogen) atoms. The van der Waals surface area contributed by atoms with Crippen molar-refractivity contribution in [1.82, 2.24) is 0 Å². The number of benzene rings is 1. The summed E-state index contributed by atoms with van der Waals surface area (Å²) in [6.45, 7) is 14.5. The second-order valence-electron chi connectivity index (χ2n) is 9.60. The fraction of sp³-hybridized carbons (Fsp3) is 0.357. The molecule has 5 aromatic rings. The molecule has 1 aromatic carbocycles. The smallest absolute Gasteiger partial charge is 0.146 e. The minimum atomic E-state index is 0.458. The van der Waals surface area contributed by atoms with Crippen molar-refractivity contribution in [2.75, 3.05) is 13.2 Å². The molecule has 0 unspecified atom stereocenters. The Bertz CT molecular complexity index is 1280. The summed E-state index contributed by atoms with van der Waals surface area (Å²) in [4.78, 5) is 7.84. The molecule has 2 nitrogen and oxygen atoms in total. The Morgan fingerprint density at radius 1 is 0.588 bits per heavy atom. The van der Waals surface area contributed by atoms with Gasteiger partial charge in [-0.1, -0.05) is 27.7 Å². The summed E-state index contributed by atoms with van der Waals surface area (Å²) in [6.07, 6.45) is 0. The maximum absolute atomic E-state index is 6.55. The summed E-state index contributed by atoms with van der Waals surface area (Å²) in [5.74, 6) is 2.94. The van der Waals surface area contributed by atoms with Crippen molar-refractivity contribution in [2.24, 2.45) is 11.8 Å². The van der Waals surface area contributed by atoms with Crippen LogP contribution in [0.4, 0.5) is 0 Å². The number of aryl methyl sites for hydroxylation is 2. The zero-order chi connectivity index (χ0) is 24.0. The molecular weight excluding hydrogens is 497 g/mol. The van der Waals surface area contributed by atoms with Gasteiger partial charge in [0.25, 0.3) is 0 Å². The Kier molecular flexibility index (Phi) is 6.77. The van der Waals surface area contributed by atoms with E-state index < -0.39 is 0 Å². The van der Waals surface area contributed by atoms with Gasteiger partial charge in [-0.25, -0.2) is 0 Å². The maximum atomic E-state index is 6.55. The van der Waals surface area contributed by atoms with E-state index in [2.05, 4.69) is 77.9 Å². The van der Waals surface area contributed by atoms with E-state index >= 15 is 0 Å². The first-order chi connectivity index (χ1) is 16.3. The molecule has 4 aromatic heterocycles. The van der Waals surface area contributed by atoms with Crippen LogP contribution in [0, 0.1) is 25.7 Å². The number of thiophene rings is 4. The normalized spacial score (nSPS) is 12.0. The lowest BCUT2D eigenvalue weighted by Gasteiger charge is -2.15. The highest BCUT2D eigenvalue weighted by Crippen LogP contribution is 2.53. The molecule has 0 N–H and O–H groups in total. The van der Waals surface area contributed by atoms with Crippen LogP contribution < -0.4 is 9.47 Å². The number of hydrogen-bond acceptors (Lipinski definition) is 6. The zero-order valence-corrected chi connectivity index (χ0v) is 23.7. The second kappa shape index (κ2) is 9.65. The largest absolute Gasteiger partial charge is 0.491 e. The predicted molar refractivity (Wildman–Crippen MR) is 154 cm³/mol. The highest BCUT2D eigenvalue weighted by Gasteiger charge is 2.23. The van der Waals surface area contributed by atoms with Gasteiger partial charge in [-0.15, -0.1) is 45.3 Å². The number of rotatable bonds is 8. The second-order valence-corrected chi connectivity index (χ2v) is 14.3. The molecule has 0 saturated carbocycles. The highest BCUT2D eigenvalue weighted by atomic mass is 32.1. The van der Waals surface area contributed by atoms with Crippen LogP contribution in [-0.2, 0) is 0 Å². The Morgan fingerprint density at radius 2 is 1.00 bits per heavy atom. The summed E-state index contributed by atoms with van der Waals surface area (Å²) in [7, 11) is 0. The van der Waals surface area contributed by atoms with Crippen LogP contribution in [0.15, 0.2) is 36.4 Å². The zero-order valence-electron chi connectivity index (χ0n) is 20.5. The molecule has 178 valence electrons. The topological polar surface area (TPSA) is 18.5 Å². The Labute approximate surface area is 217 Å². The molecule has 0 fully saturated rings. The van der Waals surface area contributed by atoms with E-state index in [4.69, 9.17) is 9.47 Å². The van der Waals surface area contributed by atoms with Gasteiger partial charge in [0.15, 0.2) is 0 Å². The average molecular weight is 527 g/mol. The molecule has 4 heterocycles. The van der Waals surface area contributed by atoms with Crippen LogP contribution in [0.5, 0.6) is 11.5 Å². The third-order valence-electron chi connectivity index (χ3n) is 5.45. The van der Waals surface area contributed by atoms with E-state index in [0.717, 1.165) is 11.5 Å². The first-order valence-electron chi connectivity index (χ1n) is 11.7. The summed E-state index contributed by atoms with van der Waals surface area (Å²) >= 11 is 7.35. The summed E-state index contributed by atoms with van der Waals surface area (Å²) in [6, 6.07) is 13.5. The molecule has 6 heteroatoms. The third-order valence-corrected chi connectivity index (χ3v) is 10.1. The molecule has 0 amide bonds. The molecule has 0 saturated heterocycles. The lowest BCUT2D eigenvalue weighted by molar-refractivity contribution is 0.273. The van der Waals surface area contributed by atoms with Crippen molar-refractivity contribution in [1.29, 1.82) is 0 Å². The number of fused-ring (bicyclic) bond motifs is 2. The Balaban J connectivity index is 1.77. The fourth-order valence-electron chi connectivity index (χ4n) is 3.86. The molecule has 0 spiro atoms. The van der Waals surface area contributed by atoms with Crippen LogP contribution in [-0.4, -0.2) is 13.2 Å². The fourth-order valence-corrected chi connectivity index (χ4v) is 8.10. The van der Waals surface area contributed by atoms with E-state index in [9.17, 15) is 0 Å². The van der Waals surface area contributed by atoms with Gasteiger partial charge in [0.05, 0.1) is 22.6 Å². The molecule has 0 aliphatic carbocycles. The molecule has 0 radical (unpaired) electrons. The van der Waals surface area contributed by atoms with Crippen molar-refractivity contribution in [2.45, 2.75) is 41.5 Å². The van der Waals surface area contributed by atoms with Gasteiger partial charge in [-0.3, -0.25) is 0 Å². The lowest BCUT2D eigenvalue weighted by Crippen LogP contribution is -2.06. The molecule has 0 aliphatic heterocycles. The molecule has 5 rings (SSSR count). The van der Waals surface area contributed by atoms with Crippen LogP contribution in [0.25, 0.3) is 39.7 Å². The van der Waals surface area contributed by atoms with Crippen LogP contribution in [0.1, 0.15) is 37.4 Å². The Morgan fingerprint density at radius 3 is 1.32 bits per heavy atom. The standard InChI is InChI=1S/C28H30O2S4/c1-15(2)13-29-25-19-11-23(21-9-7-17(5)31-21)34-28(19)26(30-14-16(3)4)20-12-24(33-27(20)25)22-10-8-18(6)32-22/h7-12,15-16H,13-14H2,1-6H3. The van der Waals surface area contributed by atoms with Gasteiger partial charge in [-0.2, -0.15) is 0 Å². The van der Waals surface area contributed by atoms with E-state index in [-0.39, 0.29) is 0 Å². The van der Waals surface area contributed by atoms with Crippen molar-refractivity contribution < 1.29 is 9.47 Å². The van der Waals surface area contributed by atoms with Gasteiger partial charge < -0.3 is 9.47 Å². The van der Waals surface area contributed by atoms with E-state index in [1.54, 1.807) is 0 Å². The minimum absolute atomic E-state index is 0.458. The molecule has 0 atom stereocenters. The van der Waals surface area contributed by atoms with Crippen molar-refractivity contribution in [3.8, 4) is 31.0 Å². The summed E-state index contributed by atoms with van der Waals surface area (Å²) in [5, 5.41) is 2.35. The van der Waals surface area contributed by atoms with Gasteiger partial charge in [0, 0.05) is 40.0 Å². The average Bonchev–Trinajstić information content (AvgIpc) is 3.55. The number of hydrogen-bond donors (Lipinski definition) is 0. The van der Waals surface area contributed by atoms with Gasteiger partial charge in [0.1, 0.15) is 11.5 Å². The minimum Gasteiger partial charge on any atom is -0.491 e. The predicted octanol–water partition coefficient (Wildman–Crippen LogP) is 10.3. The monoisotopic (exact) mass is 526 g/mol. The molecular formula is C28H30O2S4. The van der Waals surface area contributed by atoms with Crippen molar-refractivity contribution in [3.05, 3.63) is 46.2 Å². The summed E-state index contributed by atoms with van der Waals surface area (Å²) in [5.41, 5.74) is 0. The van der Waals surface area contributed by atoms with E-state index in [1.807, 2.05) is 45.3 Å². The van der Waals surface area contributed by atoms with Crippen molar-refractivity contribution in [3.63, 3.8) is 0 Å². The summed E-state index contributed by atoms with van der Waals surface area (Å²) < 4.78 is 15.5. The quantitative estimate of drug-likeness (QED) is 0.200. The third kappa shape index (κ3) is 4.66. The maximum Gasteiger partial charge on any atom is 0.146 e. The first-order valence-corrected chi connectivity index (χ1v) is 15.0. The molecule has 0 aliphatic rings. The van der Waals surface area contributed by atoms with Gasteiger partial charge >= 0.3 is 0 Å². The van der Waals surface area contributed by atoms with E-state index in [0.29, 0.717) is 25.0 Å². The van der Waals surface area contributed by atoms with Gasteiger partial charge in [-0.05, 0) is 62.1 Å². The van der Waals surface area contributed by atoms with E-state index in [1.165, 1.54) is 49.4 Å². The first kappa shape index (κ1) is 23.9. The number of ether oxygens (including phenoxy) is 2. The van der Waals surface area contributed by atoms with Crippen LogP contribution in [0.3, 0.4) is 0 Å². The Hall–Kier alpha value is -1.86.